The van der Waals surface area contributed by atoms with Crippen LogP contribution >= 0.6 is 0 Å². The summed E-state index contributed by atoms with van der Waals surface area (Å²) in [6.07, 6.45) is 1.39. The molecule has 32 heavy (non-hydrogen) atoms. The Hall–Kier alpha value is -4.01. The van der Waals surface area contributed by atoms with Crippen molar-refractivity contribution in [2.45, 2.75) is 33.2 Å². The molecule has 2 amide bonds. The molecule has 4 rings (SSSR count). The number of amides is 2. The van der Waals surface area contributed by atoms with Gasteiger partial charge in [0.1, 0.15) is 11.4 Å². The highest BCUT2D eigenvalue weighted by Crippen LogP contribution is 2.25. The Balaban J connectivity index is 1.44. The van der Waals surface area contributed by atoms with Gasteiger partial charge in [0.05, 0.1) is 11.5 Å². The summed E-state index contributed by atoms with van der Waals surface area (Å²) in [7, 11) is 0. The quantitative estimate of drug-likeness (QED) is 0.469. The van der Waals surface area contributed by atoms with Crippen molar-refractivity contribution in [3.8, 4) is 0 Å². The summed E-state index contributed by atoms with van der Waals surface area (Å²) in [6, 6.07) is 14.3. The second kappa shape index (κ2) is 8.62. The fourth-order valence-electron chi connectivity index (χ4n) is 3.92. The first-order valence-corrected chi connectivity index (χ1v) is 10.3. The second-order valence-corrected chi connectivity index (χ2v) is 7.78. The lowest BCUT2D eigenvalue weighted by Crippen LogP contribution is -2.23. The molecule has 2 heterocycles. The lowest BCUT2D eigenvalue weighted by atomic mass is 10.1. The van der Waals surface area contributed by atoms with Gasteiger partial charge in [-0.25, -0.2) is 0 Å². The summed E-state index contributed by atoms with van der Waals surface area (Å²) >= 11 is 0. The number of hydrogen-bond donors (Lipinski definition) is 1. The molecule has 1 aliphatic heterocycles. The standard InChI is InChI=1S/C23H23N5O4/c1-15-22(28(31)32)16(2)27(25-15)14-17-8-10-18(11-9-17)23(30)24-19-5-3-6-20(13-19)26-12-4-7-21(26)29/h3,5-6,8-11,13H,4,7,12,14H2,1-2H3,(H,24,30). The lowest BCUT2D eigenvalue weighted by molar-refractivity contribution is -0.386. The van der Waals surface area contributed by atoms with E-state index in [-0.39, 0.29) is 17.5 Å². The largest absolute Gasteiger partial charge is 0.322 e. The van der Waals surface area contributed by atoms with Gasteiger partial charge in [0.2, 0.25) is 5.91 Å². The molecule has 1 aliphatic rings. The van der Waals surface area contributed by atoms with E-state index >= 15 is 0 Å². The van der Waals surface area contributed by atoms with Crippen LogP contribution in [0.3, 0.4) is 0 Å². The van der Waals surface area contributed by atoms with E-state index in [1.165, 1.54) is 0 Å². The average molecular weight is 433 g/mol. The summed E-state index contributed by atoms with van der Waals surface area (Å²) in [5.74, 6) is -0.166. The maximum absolute atomic E-state index is 12.7. The van der Waals surface area contributed by atoms with Gasteiger partial charge < -0.3 is 10.2 Å². The monoisotopic (exact) mass is 433 g/mol. The Labute approximate surface area is 184 Å². The molecule has 0 bridgehead atoms. The van der Waals surface area contributed by atoms with E-state index in [4.69, 9.17) is 0 Å². The van der Waals surface area contributed by atoms with E-state index in [1.54, 1.807) is 59.8 Å². The molecule has 1 fully saturated rings. The van der Waals surface area contributed by atoms with Crippen LogP contribution < -0.4 is 10.2 Å². The molecule has 9 nitrogen and oxygen atoms in total. The number of nitrogens with one attached hydrogen (secondary N) is 1. The van der Waals surface area contributed by atoms with Crippen LogP contribution in [0.5, 0.6) is 0 Å². The van der Waals surface area contributed by atoms with Gasteiger partial charge in [0, 0.05) is 29.9 Å². The predicted molar refractivity (Wildman–Crippen MR) is 120 cm³/mol. The first-order chi connectivity index (χ1) is 15.3. The Morgan fingerprint density at radius 3 is 2.56 bits per heavy atom. The van der Waals surface area contributed by atoms with Crippen molar-refractivity contribution < 1.29 is 14.5 Å². The highest BCUT2D eigenvalue weighted by Gasteiger charge is 2.23. The first kappa shape index (κ1) is 21.2. The minimum absolute atomic E-state index is 0.0267. The van der Waals surface area contributed by atoms with E-state index in [9.17, 15) is 19.7 Å². The third-order valence-electron chi connectivity index (χ3n) is 5.56. The molecule has 0 spiro atoms. The number of nitrogens with zero attached hydrogens (tertiary/aromatic N) is 4. The van der Waals surface area contributed by atoms with Crippen molar-refractivity contribution in [3.63, 3.8) is 0 Å². The van der Waals surface area contributed by atoms with Gasteiger partial charge in [-0.3, -0.25) is 24.4 Å². The molecule has 1 saturated heterocycles. The number of nitro groups is 1. The van der Waals surface area contributed by atoms with Crippen LogP contribution in [-0.4, -0.2) is 33.1 Å². The zero-order valence-corrected chi connectivity index (χ0v) is 17.9. The molecule has 0 radical (unpaired) electrons. The Morgan fingerprint density at radius 1 is 1.19 bits per heavy atom. The molecule has 0 unspecified atom stereocenters. The molecular formula is C23H23N5O4. The van der Waals surface area contributed by atoms with Gasteiger partial charge >= 0.3 is 5.69 Å². The maximum Gasteiger partial charge on any atom is 0.312 e. The van der Waals surface area contributed by atoms with Crippen LogP contribution in [0, 0.1) is 24.0 Å². The number of carbonyl (C=O) groups is 2. The van der Waals surface area contributed by atoms with E-state index in [0.29, 0.717) is 42.1 Å². The molecule has 3 aromatic rings. The molecule has 9 heteroatoms. The van der Waals surface area contributed by atoms with Crippen molar-refractivity contribution in [1.29, 1.82) is 0 Å². The maximum atomic E-state index is 12.7. The van der Waals surface area contributed by atoms with Crippen molar-refractivity contribution in [3.05, 3.63) is 81.2 Å². The number of benzene rings is 2. The second-order valence-electron chi connectivity index (χ2n) is 7.78. The highest BCUT2D eigenvalue weighted by molar-refractivity contribution is 6.05. The van der Waals surface area contributed by atoms with Gasteiger partial charge in [-0.05, 0) is 56.2 Å². The lowest BCUT2D eigenvalue weighted by Gasteiger charge is -2.16. The van der Waals surface area contributed by atoms with E-state index in [2.05, 4.69) is 10.4 Å². The fourth-order valence-corrected chi connectivity index (χ4v) is 3.92. The molecule has 1 N–H and O–H groups in total. The molecule has 0 saturated carbocycles. The molecule has 164 valence electrons. The summed E-state index contributed by atoms with van der Waals surface area (Å²) in [5, 5.41) is 18.3. The minimum Gasteiger partial charge on any atom is -0.322 e. The molecule has 1 aromatic heterocycles. The number of aryl methyl sites for hydroxylation is 1. The Kier molecular flexibility index (Phi) is 5.72. The van der Waals surface area contributed by atoms with Crippen LogP contribution in [-0.2, 0) is 11.3 Å². The Morgan fingerprint density at radius 2 is 1.94 bits per heavy atom. The molecule has 0 atom stereocenters. The van der Waals surface area contributed by atoms with Crippen LogP contribution in [0.2, 0.25) is 0 Å². The van der Waals surface area contributed by atoms with Crippen molar-refractivity contribution in [1.82, 2.24) is 9.78 Å². The van der Waals surface area contributed by atoms with Crippen molar-refractivity contribution in [2.75, 3.05) is 16.8 Å². The summed E-state index contributed by atoms with van der Waals surface area (Å²) < 4.78 is 1.59. The van der Waals surface area contributed by atoms with Gasteiger partial charge in [-0.2, -0.15) is 5.10 Å². The topological polar surface area (TPSA) is 110 Å². The summed E-state index contributed by atoms with van der Waals surface area (Å²) in [6.45, 7) is 4.35. The summed E-state index contributed by atoms with van der Waals surface area (Å²) in [4.78, 5) is 37.1. The molecular weight excluding hydrogens is 410 g/mol. The van der Waals surface area contributed by atoms with Crippen LogP contribution in [0.25, 0.3) is 0 Å². The fraction of sp³-hybridized carbons (Fsp3) is 0.261. The van der Waals surface area contributed by atoms with Crippen LogP contribution in [0.4, 0.5) is 17.1 Å². The van der Waals surface area contributed by atoms with E-state index < -0.39 is 4.92 Å². The normalized spacial score (nSPS) is 13.4. The zero-order chi connectivity index (χ0) is 22.8. The SMILES string of the molecule is Cc1nn(Cc2ccc(C(=O)Nc3cccc(N4CCCC4=O)c3)cc2)c(C)c1[N+](=O)[O-]. The average Bonchev–Trinajstić information content (AvgIpc) is 3.31. The number of anilines is 2. The number of hydrogen-bond acceptors (Lipinski definition) is 5. The van der Waals surface area contributed by atoms with Gasteiger partial charge in [0.15, 0.2) is 0 Å². The smallest absolute Gasteiger partial charge is 0.312 e. The Bertz CT molecular complexity index is 1200. The van der Waals surface area contributed by atoms with Crippen LogP contribution in [0.1, 0.15) is 40.2 Å². The first-order valence-electron chi connectivity index (χ1n) is 10.3. The third kappa shape index (κ3) is 4.22. The van der Waals surface area contributed by atoms with E-state index in [1.807, 2.05) is 12.1 Å². The predicted octanol–water partition coefficient (Wildman–Crippen LogP) is 3.84. The molecule has 2 aromatic carbocycles. The number of carbonyl (C=O) groups excluding carboxylic acids is 2. The number of rotatable bonds is 6. The third-order valence-corrected chi connectivity index (χ3v) is 5.56. The van der Waals surface area contributed by atoms with Crippen LogP contribution in [0.15, 0.2) is 48.5 Å². The highest BCUT2D eigenvalue weighted by atomic mass is 16.6. The van der Waals surface area contributed by atoms with E-state index in [0.717, 1.165) is 17.7 Å². The van der Waals surface area contributed by atoms with Crippen molar-refractivity contribution >= 4 is 28.9 Å². The van der Waals surface area contributed by atoms with Gasteiger partial charge in [-0.1, -0.05) is 18.2 Å². The van der Waals surface area contributed by atoms with Crippen molar-refractivity contribution in [2.24, 2.45) is 0 Å². The summed E-state index contributed by atoms with van der Waals surface area (Å²) in [5.41, 5.74) is 3.64. The number of aromatic nitrogens is 2. The van der Waals surface area contributed by atoms with Gasteiger partial charge in [-0.15, -0.1) is 0 Å². The zero-order valence-electron chi connectivity index (χ0n) is 17.9. The van der Waals surface area contributed by atoms with Gasteiger partial charge in [0.25, 0.3) is 5.91 Å². The minimum atomic E-state index is -0.420. The molecule has 0 aliphatic carbocycles.